The Kier molecular flexibility index (Phi) is 4.27. The van der Waals surface area contributed by atoms with Gasteiger partial charge < -0.3 is 15.2 Å². The molecule has 1 rings (SSSR count). The summed E-state index contributed by atoms with van der Waals surface area (Å²) in [5.74, 6) is 0. The Bertz CT molecular complexity index is 321. The molecule has 1 unspecified atom stereocenters. The predicted octanol–water partition coefficient (Wildman–Crippen LogP) is 1.92. The second-order valence-electron chi connectivity index (χ2n) is 3.71. The molecule has 1 aromatic rings. The number of benzene rings is 1. The van der Waals surface area contributed by atoms with Crippen molar-refractivity contribution >= 4 is 0 Å². The second kappa shape index (κ2) is 5.26. The molecule has 15 heavy (non-hydrogen) atoms. The van der Waals surface area contributed by atoms with E-state index >= 15 is 0 Å². The summed E-state index contributed by atoms with van der Waals surface area (Å²) in [7, 11) is 3.18. The molecule has 3 heteroatoms. The lowest BCUT2D eigenvalue weighted by Gasteiger charge is -2.21. The molecule has 0 fully saturated rings. The standard InChI is InChI=1S/C12H19NO2/c1-8-5-6-10(7-9(8)2)11(13)12(14-3)15-4/h5-7,11-12H,13H2,1-4H3. The van der Waals surface area contributed by atoms with Crippen LogP contribution in [0.25, 0.3) is 0 Å². The van der Waals surface area contributed by atoms with Crippen LogP contribution < -0.4 is 5.73 Å². The molecule has 0 aliphatic carbocycles. The quantitative estimate of drug-likeness (QED) is 0.770. The van der Waals surface area contributed by atoms with Gasteiger partial charge in [-0.15, -0.1) is 0 Å². The van der Waals surface area contributed by atoms with Crippen molar-refractivity contribution < 1.29 is 9.47 Å². The van der Waals surface area contributed by atoms with Crippen LogP contribution in [0.4, 0.5) is 0 Å². The summed E-state index contributed by atoms with van der Waals surface area (Å²) in [6.07, 6.45) is -0.396. The maximum absolute atomic E-state index is 6.03. The number of hydrogen-bond acceptors (Lipinski definition) is 3. The van der Waals surface area contributed by atoms with Gasteiger partial charge in [-0.2, -0.15) is 0 Å². The summed E-state index contributed by atoms with van der Waals surface area (Å²) in [4.78, 5) is 0. The molecule has 1 aromatic carbocycles. The summed E-state index contributed by atoms with van der Waals surface area (Å²) >= 11 is 0. The lowest BCUT2D eigenvalue weighted by Crippen LogP contribution is -2.29. The van der Waals surface area contributed by atoms with Crippen LogP contribution in [-0.2, 0) is 9.47 Å². The molecule has 0 heterocycles. The van der Waals surface area contributed by atoms with Crippen LogP contribution in [0.1, 0.15) is 22.7 Å². The van der Waals surface area contributed by atoms with Gasteiger partial charge in [-0.25, -0.2) is 0 Å². The minimum absolute atomic E-state index is 0.251. The molecule has 2 N–H and O–H groups in total. The third kappa shape index (κ3) is 2.78. The van der Waals surface area contributed by atoms with Crippen molar-refractivity contribution in [2.24, 2.45) is 5.73 Å². The second-order valence-corrected chi connectivity index (χ2v) is 3.71. The number of rotatable bonds is 4. The van der Waals surface area contributed by atoms with Crippen molar-refractivity contribution in [2.45, 2.75) is 26.2 Å². The van der Waals surface area contributed by atoms with E-state index in [4.69, 9.17) is 15.2 Å². The average Bonchev–Trinajstić information content (AvgIpc) is 2.23. The zero-order chi connectivity index (χ0) is 11.4. The third-order valence-corrected chi connectivity index (χ3v) is 2.67. The highest BCUT2D eigenvalue weighted by Crippen LogP contribution is 2.19. The van der Waals surface area contributed by atoms with Crippen LogP contribution in [0.2, 0.25) is 0 Å². The highest BCUT2D eigenvalue weighted by atomic mass is 16.7. The van der Waals surface area contributed by atoms with Gasteiger partial charge in [0.25, 0.3) is 0 Å². The van der Waals surface area contributed by atoms with Crippen molar-refractivity contribution in [1.29, 1.82) is 0 Å². The predicted molar refractivity (Wildman–Crippen MR) is 60.7 cm³/mol. The summed E-state index contributed by atoms with van der Waals surface area (Å²) in [6, 6.07) is 5.90. The number of aryl methyl sites for hydroxylation is 2. The lowest BCUT2D eigenvalue weighted by atomic mass is 10.0. The van der Waals surface area contributed by atoms with Gasteiger partial charge >= 0.3 is 0 Å². The number of hydrogen-bond donors (Lipinski definition) is 1. The molecule has 84 valence electrons. The summed E-state index contributed by atoms with van der Waals surface area (Å²) in [5.41, 5.74) is 9.56. The monoisotopic (exact) mass is 209 g/mol. The van der Waals surface area contributed by atoms with Crippen molar-refractivity contribution in [3.63, 3.8) is 0 Å². The number of methoxy groups -OCH3 is 2. The van der Waals surface area contributed by atoms with E-state index in [2.05, 4.69) is 26.0 Å². The lowest BCUT2D eigenvalue weighted by molar-refractivity contribution is -0.117. The Morgan fingerprint density at radius 3 is 2.13 bits per heavy atom. The van der Waals surface area contributed by atoms with E-state index in [9.17, 15) is 0 Å². The Labute approximate surface area is 91.2 Å². The van der Waals surface area contributed by atoms with Gasteiger partial charge in [0, 0.05) is 14.2 Å². The van der Waals surface area contributed by atoms with E-state index in [1.54, 1.807) is 14.2 Å². The fraction of sp³-hybridized carbons (Fsp3) is 0.500. The first-order valence-electron chi connectivity index (χ1n) is 4.98. The van der Waals surface area contributed by atoms with E-state index in [-0.39, 0.29) is 6.04 Å². The fourth-order valence-corrected chi connectivity index (χ4v) is 1.52. The van der Waals surface area contributed by atoms with Gasteiger partial charge in [0.1, 0.15) is 0 Å². The van der Waals surface area contributed by atoms with E-state index in [1.165, 1.54) is 11.1 Å². The molecule has 3 nitrogen and oxygen atoms in total. The van der Waals surface area contributed by atoms with E-state index in [1.807, 2.05) is 6.07 Å². The van der Waals surface area contributed by atoms with Crippen LogP contribution in [0.3, 0.4) is 0 Å². The topological polar surface area (TPSA) is 44.5 Å². The molecule has 0 aromatic heterocycles. The molecule has 0 aliphatic rings. The Hall–Kier alpha value is -0.900. The van der Waals surface area contributed by atoms with Crippen molar-refractivity contribution in [2.75, 3.05) is 14.2 Å². The van der Waals surface area contributed by atoms with Gasteiger partial charge in [0.05, 0.1) is 6.04 Å². The fourth-order valence-electron chi connectivity index (χ4n) is 1.52. The summed E-state index contributed by atoms with van der Waals surface area (Å²) in [6.45, 7) is 4.15. The van der Waals surface area contributed by atoms with Gasteiger partial charge in [0.2, 0.25) is 0 Å². The molecule has 0 saturated carbocycles. The maximum atomic E-state index is 6.03. The molecule has 0 bridgehead atoms. The molecule has 0 aliphatic heterocycles. The van der Waals surface area contributed by atoms with Crippen LogP contribution in [-0.4, -0.2) is 20.5 Å². The van der Waals surface area contributed by atoms with Crippen molar-refractivity contribution in [3.8, 4) is 0 Å². The SMILES string of the molecule is COC(OC)C(N)c1ccc(C)c(C)c1. The van der Waals surface area contributed by atoms with Crippen LogP contribution >= 0.6 is 0 Å². The smallest absolute Gasteiger partial charge is 0.175 e. The van der Waals surface area contributed by atoms with Crippen LogP contribution in [0.15, 0.2) is 18.2 Å². The number of ether oxygens (including phenoxy) is 2. The van der Waals surface area contributed by atoms with Crippen LogP contribution in [0, 0.1) is 13.8 Å². The Balaban J connectivity index is 2.90. The number of nitrogens with two attached hydrogens (primary N) is 1. The zero-order valence-electron chi connectivity index (χ0n) is 9.78. The van der Waals surface area contributed by atoms with Crippen molar-refractivity contribution in [3.05, 3.63) is 34.9 Å². The zero-order valence-corrected chi connectivity index (χ0v) is 9.78. The van der Waals surface area contributed by atoms with Gasteiger partial charge in [-0.3, -0.25) is 0 Å². The molecule has 0 saturated heterocycles. The van der Waals surface area contributed by atoms with Gasteiger partial charge in [0.15, 0.2) is 6.29 Å². The van der Waals surface area contributed by atoms with E-state index in [0.29, 0.717) is 0 Å². The van der Waals surface area contributed by atoms with E-state index in [0.717, 1.165) is 5.56 Å². The average molecular weight is 209 g/mol. The molecule has 1 atom stereocenters. The van der Waals surface area contributed by atoms with Crippen molar-refractivity contribution in [1.82, 2.24) is 0 Å². The minimum atomic E-state index is -0.396. The summed E-state index contributed by atoms with van der Waals surface area (Å²) < 4.78 is 10.3. The Morgan fingerprint density at radius 1 is 1.07 bits per heavy atom. The normalized spacial score (nSPS) is 13.2. The molecular weight excluding hydrogens is 190 g/mol. The first-order valence-corrected chi connectivity index (χ1v) is 4.98. The molecular formula is C12H19NO2. The highest BCUT2D eigenvalue weighted by Gasteiger charge is 2.18. The maximum Gasteiger partial charge on any atom is 0.175 e. The van der Waals surface area contributed by atoms with Gasteiger partial charge in [-0.05, 0) is 30.5 Å². The molecule has 0 radical (unpaired) electrons. The minimum Gasteiger partial charge on any atom is -0.354 e. The van der Waals surface area contributed by atoms with Crippen LogP contribution in [0.5, 0.6) is 0 Å². The first kappa shape index (κ1) is 12.2. The molecule has 0 amide bonds. The Morgan fingerprint density at radius 2 is 1.67 bits per heavy atom. The summed E-state index contributed by atoms with van der Waals surface area (Å²) in [5, 5.41) is 0. The first-order chi connectivity index (χ1) is 7.10. The largest absolute Gasteiger partial charge is 0.354 e. The highest BCUT2D eigenvalue weighted by molar-refractivity contribution is 5.31. The third-order valence-electron chi connectivity index (χ3n) is 2.67. The molecule has 0 spiro atoms. The van der Waals surface area contributed by atoms with E-state index < -0.39 is 6.29 Å². The van der Waals surface area contributed by atoms with Gasteiger partial charge in [-0.1, -0.05) is 18.2 Å².